The normalized spacial score (nSPS) is 18.8. The fraction of sp³-hybridized carbons (Fsp3) is 0.500. The number of rotatable bonds is 6. The van der Waals surface area contributed by atoms with Gasteiger partial charge in [0.15, 0.2) is 6.61 Å². The lowest BCUT2D eigenvalue weighted by atomic mass is 10.2. The highest BCUT2D eigenvalue weighted by Crippen LogP contribution is 2.18. The van der Waals surface area contributed by atoms with Crippen molar-refractivity contribution in [2.45, 2.75) is 26.1 Å². The molecule has 7 heteroatoms. The third kappa shape index (κ3) is 4.20. The van der Waals surface area contributed by atoms with E-state index in [2.05, 4.69) is 22.0 Å². The number of morpholine rings is 1. The second kappa shape index (κ2) is 7.43. The van der Waals surface area contributed by atoms with Gasteiger partial charge in [-0.15, -0.1) is 0 Å². The Morgan fingerprint density at radius 1 is 1.26 bits per heavy atom. The number of methoxy groups -OCH3 is 1. The summed E-state index contributed by atoms with van der Waals surface area (Å²) in [5.41, 5.74) is 0. The minimum Gasteiger partial charge on any atom is -0.497 e. The van der Waals surface area contributed by atoms with E-state index in [1.165, 1.54) is 0 Å². The highest BCUT2D eigenvalue weighted by atomic mass is 16.5. The van der Waals surface area contributed by atoms with Crippen LogP contribution in [0.5, 0.6) is 11.5 Å². The molecule has 0 spiro atoms. The number of hydrogen-bond donors (Lipinski definition) is 0. The molecule has 1 aliphatic rings. The Balaban J connectivity index is 1.52. The van der Waals surface area contributed by atoms with Gasteiger partial charge in [0.1, 0.15) is 11.5 Å². The summed E-state index contributed by atoms with van der Waals surface area (Å²) >= 11 is 0. The van der Waals surface area contributed by atoms with E-state index in [-0.39, 0.29) is 6.61 Å². The molecule has 1 saturated heterocycles. The van der Waals surface area contributed by atoms with E-state index in [1.807, 2.05) is 24.3 Å². The van der Waals surface area contributed by atoms with Gasteiger partial charge in [0.25, 0.3) is 0 Å². The molecule has 2 aromatic rings. The van der Waals surface area contributed by atoms with Crippen molar-refractivity contribution in [2.75, 3.05) is 26.9 Å². The highest BCUT2D eigenvalue weighted by Gasteiger charge is 2.21. The van der Waals surface area contributed by atoms with E-state index in [4.69, 9.17) is 18.7 Å². The molecule has 2 heterocycles. The van der Waals surface area contributed by atoms with Crippen LogP contribution in [-0.2, 0) is 17.9 Å². The third-order valence-electron chi connectivity index (χ3n) is 3.78. The van der Waals surface area contributed by atoms with Crippen molar-refractivity contribution in [3.8, 4) is 11.5 Å². The molecule has 0 radical (unpaired) electrons. The van der Waals surface area contributed by atoms with Gasteiger partial charge in [0.05, 0.1) is 26.9 Å². The molecule has 1 aromatic heterocycles. The predicted molar refractivity (Wildman–Crippen MR) is 82.3 cm³/mol. The minimum absolute atomic E-state index is 0.272. The Kier molecular flexibility index (Phi) is 5.09. The first-order valence-electron chi connectivity index (χ1n) is 7.64. The van der Waals surface area contributed by atoms with Gasteiger partial charge in [0, 0.05) is 12.6 Å². The fourth-order valence-electron chi connectivity index (χ4n) is 2.40. The third-order valence-corrected chi connectivity index (χ3v) is 3.78. The largest absolute Gasteiger partial charge is 0.497 e. The van der Waals surface area contributed by atoms with Gasteiger partial charge in [0.2, 0.25) is 11.7 Å². The quantitative estimate of drug-likeness (QED) is 0.805. The molecule has 1 atom stereocenters. The maximum absolute atomic E-state index is 5.64. The first kappa shape index (κ1) is 15.8. The predicted octanol–water partition coefficient (Wildman–Crippen LogP) is 1.88. The first-order chi connectivity index (χ1) is 11.2. The molecular formula is C16H21N3O4. The lowest BCUT2D eigenvalue weighted by Gasteiger charge is -2.31. The van der Waals surface area contributed by atoms with Crippen LogP contribution < -0.4 is 9.47 Å². The zero-order chi connectivity index (χ0) is 16.1. The molecule has 7 nitrogen and oxygen atoms in total. The van der Waals surface area contributed by atoms with Crippen LogP contribution in [0.15, 0.2) is 28.8 Å². The van der Waals surface area contributed by atoms with Gasteiger partial charge in [-0.25, -0.2) is 0 Å². The molecule has 3 rings (SSSR count). The fourth-order valence-corrected chi connectivity index (χ4v) is 2.40. The zero-order valence-electron chi connectivity index (χ0n) is 13.4. The van der Waals surface area contributed by atoms with Crippen LogP contribution >= 0.6 is 0 Å². The Morgan fingerprint density at radius 3 is 2.78 bits per heavy atom. The lowest BCUT2D eigenvalue weighted by Crippen LogP contribution is -2.42. The molecule has 1 aliphatic heterocycles. The summed E-state index contributed by atoms with van der Waals surface area (Å²) in [6.07, 6.45) is 0. The molecule has 0 aliphatic carbocycles. The molecule has 124 valence electrons. The molecule has 23 heavy (non-hydrogen) atoms. The number of ether oxygens (including phenoxy) is 3. The topological polar surface area (TPSA) is 69.9 Å². The number of benzene rings is 1. The smallest absolute Gasteiger partial charge is 0.240 e. The Labute approximate surface area is 135 Å². The van der Waals surface area contributed by atoms with Gasteiger partial charge in [-0.3, -0.25) is 4.90 Å². The van der Waals surface area contributed by atoms with Crippen LogP contribution in [0.3, 0.4) is 0 Å². The number of hydrogen-bond acceptors (Lipinski definition) is 7. The number of nitrogens with zero attached hydrogens (tertiary/aromatic N) is 3. The second-order valence-corrected chi connectivity index (χ2v) is 5.46. The molecule has 0 N–H and O–H groups in total. The summed E-state index contributed by atoms with van der Waals surface area (Å²) in [6.45, 7) is 5.40. The summed E-state index contributed by atoms with van der Waals surface area (Å²) < 4.78 is 21.5. The van der Waals surface area contributed by atoms with Gasteiger partial charge < -0.3 is 18.7 Å². The molecule has 1 aromatic carbocycles. The summed E-state index contributed by atoms with van der Waals surface area (Å²) in [6, 6.07) is 7.73. The van der Waals surface area contributed by atoms with E-state index in [0.29, 0.717) is 24.3 Å². The van der Waals surface area contributed by atoms with Crippen molar-refractivity contribution >= 4 is 0 Å². The second-order valence-electron chi connectivity index (χ2n) is 5.46. The van der Waals surface area contributed by atoms with E-state index in [1.54, 1.807) is 7.11 Å². The van der Waals surface area contributed by atoms with Crippen molar-refractivity contribution in [3.63, 3.8) is 0 Å². The van der Waals surface area contributed by atoms with Crippen molar-refractivity contribution in [1.29, 1.82) is 0 Å². The standard InChI is InChI=1S/C16H21N3O4/c1-12-10-21-8-7-19(12)9-16-17-15(18-23-16)11-22-14-5-3-13(20-2)4-6-14/h3-6,12H,7-11H2,1-2H3/t12-/m0/s1. The zero-order valence-corrected chi connectivity index (χ0v) is 13.4. The first-order valence-corrected chi connectivity index (χ1v) is 7.64. The van der Waals surface area contributed by atoms with Crippen molar-refractivity contribution in [3.05, 3.63) is 36.0 Å². The molecule has 1 fully saturated rings. The lowest BCUT2D eigenvalue weighted by molar-refractivity contribution is -0.00852. The molecule has 0 amide bonds. The van der Waals surface area contributed by atoms with Crippen molar-refractivity contribution in [1.82, 2.24) is 15.0 Å². The van der Waals surface area contributed by atoms with E-state index in [9.17, 15) is 0 Å². The van der Waals surface area contributed by atoms with Crippen molar-refractivity contribution < 1.29 is 18.7 Å². The van der Waals surface area contributed by atoms with Gasteiger partial charge in [-0.2, -0.15) is 4.98 Å². The summed E-state index contributed by atoms with van der Waals surface area (Å²) in [7, 11) is 1.63. The number of aromatic nitrogens is 2. The van der Waals surface area contributed by atoms with Gasteiger partial charge in [-0.1, -0.05) is 5.16 Å². The summed E-state index contributed by atoms with van der Waals surface area (Å²) in [4.78, 5) is 6.65. The summed E-state index contributed by atoms with van der Waals surface area (Å²) in [5.74, 6) is 2.67. The van der Waals surface area contributed by atoms with Gasteiger partial charge >= 0.3 is 0 Å². The molecular weight excluding hydrogens is 298 g/mol. The Hall–Kier alpha value is -2.12. The van der Waals surface area contributed by atoms with Crippen LogP contribution in [0, 0.1) is 0 Å². The van der Waals surface area contributed by atoms with E-state index in [0.717, 1.165) is 31.3 Å². The Morgan fingerprint density at radius 2 is 2.04 bits per heavy atom. The Bertz CT molecular complexity index is 614. The molecule has 0 unspecified atom stereocenters. The van der Waals surface area contributed by atoms with Crippen LogP contribution in [-0.4, -0.2) is 48.0 Å². The average Bonchev–Trinajstić information content (AvgIpc) is 3.03. The monoisotopic (exact) mass is 319 g/mol. The van der Waals surface area contributed by atoms with Crippen molar-refractivity contribution in [2.24, 2.45) is 0 Å². The maximum atomic E-state index is 5.64. The van der Waals surface area contributed by atoms with Gasteiger partial charge in [-0.05, 0) is 31.2 Å². The SMILES string of the molecule is COc1ccc(OCc2noc(CN3CCOC[C@@H]3C)n2)cc1. The summed E-state index contributed by atoms with van der Waals surface area (Å²) in [5, 5.41) is 3.96. The van der Waals surface area contributed by atoms with Crippen LogP contribution in [0.4, 0.5) is 0 Å². The van der Waals surface area contributed by atoms with Crippen LogP contribution in [0.1, 0.15) is 18.6 Å². The van der Waals surface area contributed by atoms with Crippen LogP contribution in [0.25, 0.3) is 0 Å². The van der Waals surface area contributed by atoms with Crippen LogP contribution in [0.2, 0.25) is 0 Å². The maximum Gasteiger partial charge on any atom is 0.240 e. The highest BCUT2D eigenvalue weighted by molar-refractivity contribution is 5.31. The average molecular weight is 319 g/mol. The minimum atomic E-state index is 0.272. The van der Waals surface area contributed by atoms with E-state index < -0.39 is 0 Å². The molecule has 0 bridgehead atoms. The molecule has 0 saturated carbocycles. The van der Waals surface area contributed by atoms with E-state index >= 15 is 0 Å².